The number of halogens is 1. The zero-order chi connectivity index (χ0) is 14.5. The molecule has 0 radical (unpaired) electrons. The number of hydrogen-bond acceptors (Lipinski definition) is 3. The Balaban J connectivity index is 1.89. The maximum absolute atomic E-state index is 11.8. The van der Waals surface area contributed by atoms with Gasteiger partial charge in [-0.3, -0.25) is 0 Å². The normalized spacial score (nSPS) is 11.9. The first-order valence-corrected chi connectivity index (χ1v) is 7.80. The molecule has 1 heterocycles. The van der Waals surface area contributed by atoms with Crippen molar-refractivity contribution in [3.05, 3.63) is 50.6 Å². The molecule has 0 aliphatic carbocycles. The van der Waals surface area contributed by atoms with Crippen LogP contribution in [-0.2, 0) is 6.54 Å². The molecule has 1 atom stereocenters. The van der Waals surface area contributed by atoms with E-state index in [2.05, 4.69) is 26.6 Å². The molecule has 106 valence electrons. The van der Waals surface area contributed by atoms with Crippen LogP contribution in [0, 0.1) is 0 Å². The maximum Gasteiger partial charge on any atom is 0.319 e. The zero-order valence-electron chi connectivity index (χ0n) is 11.0. The van der Waals surface area contributed by atoms with Crippen LogP contribution < -0.4 is 16.4 Å². The van der Waals surface area contributed by atoms with Crippen molar-refractivity contribution in [1.82, 2.24) is 5.32 Å². The molecule has 0 aliphatic rings. The second kappa shape index (κ2) is 6.88. The number of carbonyl (C=O) groups is 1. The SMILES string of the molecule is CC(N)c1cccc(NC(=O)NCc2ccc(Br)s2)c1. The fourth-order valence-corrected chi connectivity index (χ4v) is 3.11. The Morgan fingerprint density at radius 3 is 2.85 bits per heavy atom. The van der Waals surface area contributed by atoms with Crippen LogP contribution in [0.4, 0.5) is 10.5 Å². The molecule has 4 nitrogen and oxygen atoms in total. The second-order valence-corrected chi connectivity index (χ2v) is 6.98. The van der Waals surface area contributed by atoms with Gasteiger partial charge in [-0.2, -0.15) is 0 Å². The molecule has 2 aromatic rings. The summed E-state index contributed by atoms with van der Waals surface area (Å²) in [5.74, 6) is 0. The van der Waals surface area contributed by atoms with Crippen molar-refractivity contribution in [2.75, 3.05) is 5.32 Å². The lowest BCUT2D eigenvalue weighted by Gasteiger charge is -2.10. The van der Waals surface area contributed by atoms with E-state index in [1.54, 1.807) is 11.3 Å². The van der Waals surface area contributed by atoms with Gasteiger partial charge in [0.15, 0.2) is 0 Å². The van der Waals surface area contributed by atoms with Crippen molar-refractivity contribution in [1.29, 1.82) is 0 Å². The van der Waals surface area contributed by atoms with E-state index in [4.69, 9.17) is 5.73 Å². The van der Waals surface area contributed by atoms with Crippen LogP contribution in [0.3, 0.4) is 0 Å². The van der Waals surface area contributed by atoms with Crippen molar-refractivity contribution >= 4 is 39.0 Å². The van der Waals surface area contributed by atoms with E-state index in [9.17, 15) is 4.79 Å². The smallest absolute Gasteiger partial charge is 0.319 e. The number of nitrogens with one attached hydrogen (secondary N) is 2. The van der Waals surface area contributed by atoms with E-state index in [0.29, 0.717) is 6.54 Å². The van der Waals surface area contributed by atoms with Crippen molar-refractivity contribution < 1.29 is 4.79 Å². The van der Waals surface area contributed by atoms with Gasteiger partial charge in [-0.15, -0.1) is 11.3 Å². The molecule has 6 heteroatoms. The Morgan fingerprint density at radius 2 is 2.20 bits per heavy atom. The van der Waals surface area contributed by atoms with Gasteiger partial charge in [-0.1, -0.05) is 12.1 Å². The second-order valence-electron chi connectivity index (χ2n) is 4.43. The molecule has 0 fully saturated rings. The largest absolute Gasteiger partial charge is 0.333 e. The van der Waals surface area contributed by atoms with Gasteiger partial charge in [0.05, 0.1) is 10.3 Å². The number of anilines is 1. The van der Waals surface area contributed by atoms with E-state index in [-0.39, 0.29) is 12.1 Å². The lowest BCUT2D eigenvalue weighted by Crippen LogP contribution is -2.27. The predicted octanol–water partition coefficient (Wildman–Crippen LogP) is 3.85. The highest BCUT2D eigenvalue weighted by Crippen LogP contribution is 2.21. The van der Waals surface area contributed by atoms with Crippen LogP contribution in [-0.4, -0.2) is 6.03 Å². The third-order valence-corrected chi connectivity index (χ3v) is 4.35. The monoisotopic (exact) mass is 353 g/mol. The Hall–Kier alpha value is -1.37. The number of benzene rings is 1. The van der Waals surface area contributed by atoms with Gasteiger partial charge in [-0.25, -0.2) is 4.79 Å². The Morgan fingerprint density at radius 1 is 1.40 bits per heavy atom. The van der Waals surface area contributed by atoms with E-state index >= 15 is 0 Å². The molecule has 2 amide bonds. The van der Waals surface area contributed by atoms with Gasteiger partial charge in [-0.05, 0) is 52.7 Å². The van der Waals surface area contributed by atoms with E-state index in [1.807, 2.05) is 43.3 Å². The summed E-state index contributed by atoms with van der Waals surface area (Å²) in [6.07, 6.45) is 0. The minimum Gasteiger partial charge on any atom is -0.333 e. The van der Waals surface area contributed by atoms with Crippen molar-refractivity contribution in [3.63, 3.8) is 0 Å². The lowest BCUT2D eigenvalue weighted by atomic mass is 10.1. The Labute approximate surface area is 130 Å². The number of amides is 2. The molecular weight excluding hydrogens is 338 g/mol. The highest BCUT2D eigenvalue weighted by Gasteiger charge is 2.05. The first kappa shape index (κ1) is 15.0. The number of urea groups is 1. The number of nitrogens with two attached hydrogens (primary N) is 1. The van der Waals surface area contributed by atoms with Gasteiger partial charge in [0.1, 0.15) is 0 Å². The fourth-order valence-electron chi connectivity index (χ4n) is 1.69. The molecule has 2 rings (SSSR count). The van der Waals surface area contributed by atoms with Crippen LogP contribution in [0.1, 0.15) is 23.4 Å². The average molecular weight is 354 g/mol. The van der Waals surface area contributed by atoms with Gasteiger partial charge in [0.25, 0.3) is 0 Å². The highest BCUT2D eigenvalue weighted by atomic mass is 79.9. The van der Waals surface area contributed by atoms with Crippen LogP contribution in [0.25, 0.3) is 0 Å². The van der Waals surface area contributed by atoms with Crippen molar-refractivity contribution in [2.24, 2.45) is 5.73 Å². The third-order valence-electron chi connectivity index (χ3n) is 2.72. The average Bonchev–Trinajstić information content (AvgIpc) is 2.82. The molecule has 1 aromatic heterocycles. The summed E-state index contributed by atoms with van der Waals surface area (Å²) in [6, 6.07) is 11.2. The fraction of sp³-hybridized carbons (Fsp3) is 0.214. The van der Waals surface area contributed by atoms with E-state index in [0.717, 1.165) is 19.9 Å². The zero-order valence-corrected chi connectivity index (χ0v) is 13.4. The highest BCUT2D eigenvalue weighted by molar-refractivity contribution is 9.11. The van der Waals surface area contributed by atoms with Gasteiger partial charge in [0.2, 0.25) is 0 Å². The van der Waals surface area contributed by atoms with Crippen LogP contribution in [0.5, 0.6) is 0 Å². The molecule has 0 saturated carbocycles. The van der Waals surface area contributed by atoms with E-state index in [1.165, 1.54) is 0 Å². The summed E-state index contributed by atoms with van der Waals surface area (Å²) in [5.41, 5.74) is 7.55. The first-order chi connectivity index (χ1) is 9.54. The third kappa shape index (κ3) is 4.33. The maximum atomic E-state index is 11.8. The number of thiophene rings is 1. The van der Waals surface area contributed by atoms with Crippen LogP contribution in [0.15, 0.2) is 40.2 Å². The molecule has 0 bridgehead atoms. The summed E-state index contributed by atoms with van der Waals surface area (Å²) < 4.78 is 1.05. The molecule has 1 unspecified atom stereocenters. The van der Waals surface area contributed by atoms with Crippen molar-refractivity contribution in [2.45, 2.75) is 19.5 Å². The summed E-state index contributed by atoms with van der Waals surface area (Å²) in [7, 11) is 0. The number of hydrogen-bond donors (Lipinski definition) is 3. The minimum absolute atomic E-state index is 0.0525. The van der Waals surface area contributed by atoms with Gasteiger partial charge < -0.3 is 16.4 Å². The molecule has 0 spiro atoms. The molecule has 4 N–H and O–H groups in total. The Bertz CT molecular complexity index is 598. The van der Waals surface area contributed by atoms with Crippen LogP contribution >= 0.6 is 27.3 Å². The quantitative estimate of drug-likeness (QED) is 0.781. The molecule has 1 aromatic carbocycles. The van der Waals surface area contributed by atoms with Crippen LogP contribution in [0.2, 0.25) is 0 Å². The van der Waals surface area contributed by atoms with E-state index < -0.39 is 0 Å². The number of carbonyl (C=O) groups excluding carboxylic acids is 1. The summed E-state index contributed by atoms with van der Waals surface area (Å²) in [6.45, 7) is 2.42. The molecule has 0 aliphatic heterocycles. The minimum atomic E-state index is -0.226. The Kier molecular flexibility index (Phi) is 5.17. The molecular formula is C14H16BrN3OS. The molecule has 20 heavy (non-hydrogen) atoms. The predicted molar refractivity (Wildman–Crippen MR) is 86.9 cm³/mol. The summed E-state index contributed by atoms with van der Waals surface area (Å²) in [5, 5.41) is 5.62. The first-order valence-electron chi connectivity index (χ1n) is 6.19. The van der Waals surface area contributed by atoms with Crippen molar-refractivity contribution in [3.8, 4) is 0 Å². The lowest BCUT2D eigenvalue weighted by molar-refractivity contribution is 0.252. The summed E-state index contributed by atoms with van der Waals surface area (Å²) >= 11 is 4.99. The standard InChI is InChI=1S/C14H16BrN3OS/c1-9(16)10-3-2-4-11(7-10)18-14(19)17-8-12-5-6-13(15)20-12/h2-7,9H,8,16H2,1H3,(H2,17,18,19). The summed E-state index contributed by atoms with van der Waals surface area (Å²) in [4.78, 5) is 12.9. The topological polar surface area (TPSA) is 67.1 Å². The van der Waals surface area contributed by atoms with Gasteiger partial charge in [0, 0.05) is 16.6 Å². The van der Waals surface area contributed by atoms with Gasteiger partial charge >= 0.3 is 6.03 Å². The molecule has 0 saturated heterocycles. The number of rotatable bonds is 4.